The summed E-state index contributed by atoms with van der Waals surface area (Å²) in [4.78, 5) is 0. The van der Waals surface area contributed by atoms with Gasteiger partial charge in [0.15, 0.2) is 0 Å². The van der Waals surface area contributed by atoms with Crippen LogP contribution in [0.4, 0.5) is 0 Å². The molecule has 0 heterocycles. The minimum Gasteiger partial charge on any atom is -1.00 e. The fraction of sp³-hybridized carbons (Fsp3) is 0.400. The summed E-state index contributed by atoms with van der Waals surface area (Å²) in [6.45, 7) is 15.8. The first-order chi connectivity index (χ1) is 24.3. The summed E-state index contributed by atoms with van der Waals surface area (Å²) in [7, 11) is 0. The Kier molecular flexibility index (Phi) is 13.5. The van der Waals surface area contributed by atoms with Crippen LogP contribution in [0.5, 0.6) is 0 Å². The average Bonchev–Trinajstić information content (AvgIpc) is 3.71. The summed E-state index contributed by atoms with van der Waals surface area (Å²) >= 11 is 1.46. The molecule has 0 aliphatic heterocycles. The largest absolute Gasteiger partial charge is 1.00 e. The summed E-state index contributed by atoms with van der Waals surface area (Å²) in [5, 5.41) is 5.39. The Labute approximate surface area is 347 Å². The maximum atomic E-state index is 3.46. The van der Waals surface area contributed by atoms with Crippen LogP contribution >= 0.6 is 0 Å². The van der Waals surface area contributed by atoms with E-state index in [0.717, 1.165) is 29.6 Å². The second kappa shape index (κ2) is 17.1. The van der Waals surface area contributed by atoms with Gasteiger partial charge >= 0.3 is 151 Å². The van der Waals surface area contributed by atoms with E-state index >= 15 is 0 Å². The summed E-state index contributed by atoms with van der Waals surface area (Å²) < 4.78 is 1.42. The molecule has 1 atom stereocenters. The number of benzene rings is 4. The smallest absolute Gasteiger partial charge is 0.0407 e. The van der Waals surface area contributed by atoms with Crippen molar-refractivity contribution < 1.29 is 49.0 Å². The molecular formula is C50H56Cl2Zr-2. The van der Waals surface area contributed by atoms with Crippen molar-refractivity contribution in [3.63, 3.8) is 0 Å². The molecule has 3 heteroatoms. The average molecular weight is 819 g/mol. The van der Waals surface area contributed by atoms with Gasteiger partial charge in [-0.3, -0.25) is 6.08 Å². The Morgan fingerprint density at radius 3 is 1.40 bits per heavy atom. The Hall–Kier alpha value is -2.44. The van der Waals surface area contributed by atoms with Crippen molar-refractivity contribution >= 4 is 24.8 Å². The maximum absolute atomic E-state index is 3.46. The standard InChI is InChI=1S/C21H26.C16H21.C13H9.2ClH.Zr/c1-20(2,3)18-11-7-16(8-12-18)15-17-9-13-19(14-10-17)21(4,5)6;1-10-2-3-13(4-10)16-14-6-11-5-12(8-14)9-15(16)7-11;1-3-7-12-10(5-1)9-11-6-2-4-8-13(11)12;;;/h7-14H,1-6H3;3-4,10-12,14-16H,5-9H2,1H3;1-9H;2*1H;/q;2*-1;;;+2/p-2. The van der Waals surface area contributed by atoms with Gasteiger partial charge in [0, 0.05) is 0 Å². The molecule has 276 valence electrons. The van der Waals surface area contributed by atoms with Gasteiger partial charge in [0.1, 0.15) is 0 Å². The zero-order chi connectivity index (χ0) is 35.9. The predicted octanol–water partition coefficient (Wildman–Crippen LogP) is 7.11. The van der Waals surface area contributed by atoms with E-state index in [1.54, 1.807) is 12.0 Å². The van der Waals surface area contributed by atoms with E-state index in [1.807, 2.05) is 0 Å². The van der Waals surface area contributed by atoms with Gasteiger partial charge in [0.2, 0.25) is 0 Å². The van der Waals surface area contributed by atoms with Crippen LogP contribution in [0.1, 0.15) is 103 Å². The van der Waals surface area contributed by atoms with Gasteiger partial charge in [-0.25, -0.2) is 6.08 Å². The topological polar surface area (TPSA) is 0 Å². The minimum atomic E-state index is 0. The molecule has 5 aromatic carbocycles. The first-order valence-corrected chi connectivity index (χ1v) is 20.7. The molecule has 10 rings (SSSR count). The fourth-order valence-corrected chi connectivity index (χ4v) is 10.5. The van der Waals surface area contributed by atoms with Crippen molar-refractivity contribution in [2.45, 2.75) is 91.4 Å². The van der Waals surface area contributed by atoms with Crippen LogP contribution in [-0.4, -0.2) is 3.21 Å². The fourth-order valence-electron chi connectivity index (χ4n) is 9.63. The Balaban J connectivity index is 0.000000155. The van der Waals surface area contributed by atoms with Gasteiger partial charge in [-0.1, -0.05) is 55.2 Å². The van der Waals surface area contributed by atoms with Crippen molar-refractivity contribution in [1.29, 1.82) is 0 Å². The summed E-state index contributed by atoms with van der Waals surface area (Å²) in [6, 6.07) is 37.4. The molecule has 4 bridgehead atoms. The second-order valence-electron chi connectivity index (χ2n) is 18.1. The molecule has 5 aromatic rings. The molecule has 4 fully saturated rings. The maximum Gasteiger partial charge on any atom is -0.0407 e. The predicted molar refractivity (Wildman–Crippen MR) is 216 cm³/mol. The van der Waals surface area contributed by atoms with Crippen LogP contribution in [0.25, 0.3) is 21.5 Å². The first-order valence-electron chi connectivity index (χ1n) is 19.5. The van der Waals surface area contributed by atoms with Crippen molar-refractivity contribution in [2.24, 2.45) is 35.5 Å². The molecule has 5 aliphatic carbocycles. The molecule has 5 aliphatic rings. The van der Waals surface area contributed by atoms with Crippen LogP contribution in [0.15, 0.2) is 121 Å². The van der Waals surface area contributed by atoms with E-state index in [0.29, 0.717) is 5.92 Å². The number of hydrogen-bond donors (Lipinski definition) is 0. The van der Waals surface area contributed by atoms with E-state index in [1.165, 1.54) is 96.9 Å². The van der Waals surface area contributed by atoms with E-state index < -0.39 is 0 Å². The number of fused-ring (bicyclic) bond motifs is 3. The molecule has 0 aromatic heterocycles. The molecule has 0 radical (unpaired) electrons. The van der Waals surface area contributed by atoms with E-state index in [9.17, 15) is 0 Å². The summed E-state index contributed by atoms with van der Waals surface area (Å²) in [6.07, 6.45) is 16.0. The molecule has 0 amide bonds. The molecule has 0 N–H and O–H groups in total. The van der Waals surface area contributed by atoms with Gasteiger partial charge in [0.25, 0.3) is 0 Å². The Morgan fingerprint density at radius 1 is 0.604 bits per heavy atom. The van der Waals surface area contributed by atoms with E-state index in [2.05, 4.69) is 170 Å². The Morgan fingerprint density at radius 2 is 1.02 bits per heavy atom. The van der Waals surface area contributed by atoms with Gasteiger partial charge in [0.05, 0.1) is 0 Å². The monoisotopic (exact) mass is 816 g/mol. The molecule has 0 saturated heterocycles. The number of hydrogen-bond acceptors (Lipinski definition) is 0. The molecular weight excluding hydrogens is 763 g/mol. The zero-order valence-corrected chi connectivity index (χ0v) is 36.7. The zero-order valence-electron chi connectivity index (χ0n) is 32.7. The molecule has 1 unspecified atom stereocenters. The third kappa shape index (κ3) is 9.51. The molecule has 0 spiro atoms. The van der Waals surface area contributed by atoms with Crippen LogP contribution in [0.3, 0.4) is 0 Å². The van der Waals surface area contributed by atoms with Crippen molar-refractivity contribution in [3.8, 4) is 0 Å². The molecule has 0 nitrogen and oxygen atoms in total. The molecule has 53 heavy (non-hydrogen) atoms. The van der Waals surface area contributed by atoms with Crippen molar-refractivity contribution in [3.05, 3.63) is 149 Å². The number of rotatable bonds is 3. The normalized spacial score (nSPS) is 24.0. The van der Waals surface area contributed by atoms with Gasteiger partial charge in [-0.2, -0.15) is 11.6 Å². The van der Waals surface area contributed by atoms with Gasteiger partial charge < -0.3 is 24.8 Å². The number of allylic oxidation sites excluding steroid dienone is 4. The quantitative estimate of drug-likeness (QED) is 0.171. The van der Waals surface area contributed by atoms with Crippen molar-refractivity contribution in [1.82, 2.24) is 0 Å². The second-order valence-corrected chi connectivity index (χ2v) is 19.3. The molecule has 4 saturated carbocycles. The van der Waals surface area contributed by atoms with E-state index in [-0.39, 0.29) is 35.6 Å². The Bertz CT molecular complexity index is 1910. The summed E-state index contributed by atoms with van der Waals surface area (Å²) in [5.74, 6) is 5.77. The van der Waals surface area contributed by atoms with E-state index in [4.69, 9.17) is 0 Å². The third-order valence-electron chi connectivity index (χ3n) is 12.2. The third-order valence-corrected chi connectivity index (χ3v) is 13.6. The summed E-state index contributed by atoms with van der Waals surface area (Å²) in [5.41, 5.74) is 7.55. The first kappa shape index (κ1) is 41.7. The van der Waals surface area contributed by atoms with Crippen LogP contribution < -0.4 is 24.8 Å². The van der Waals surface area contributed by atoms with Crippen molar-refractivity contribution in [2.75, 3.05) is 0 Å². The SMILES string of the molecule is CC(C)(C)c1ccc([C](=[Zr+2])c2ccc(C(C)(C)C)cc2)cc1.CC1[C-]=CC(C2C3CC4CC(C3)CC2C4)=C1.[Cl-].[Cl-].c1ccc2c(c1)[cH-]c1ccccc12. The van der Waals surface area contributed by atoms with Gasteiger partial charge in [-0.15, -0.1) is 39.7 Å². The number of halogens is 2. The van der Waals surface area contributed by atoms with Crippen LogP contribution in [0.2, 0.25) is 0 Å². The van der Waals surface area contributed by atoms with Gasteiger partial charge in [-0.05, 0) is 55.8 Å². The van der Waals surface area contributed by atoms with Crippen LogP contribution in [0, 0.1) is 41.6 Å². The minimum absolute atomic E-state index is 0. The van der Waals surface area contributed by atoms with Crippen LogP contribution in [-0.2, 0) is 35.1 Å².